The first-order valence-corrected chi connectivity index (χ1v) is 9.22. The molecule has 1 fully saturated rings. The number of carbonyl (C=O) groups excluding carboxylic acids is 1. The van der Waals surface area contributed by atoms with Gasteiger partial charge >= 0.3 is 0 Å². The van der Waals surface area contributed by atoms with Crippen LogP contribution in [0.1, 0.15) is 30.0 Å². The van der Waals surface area contributed by atoms with Crippen LogP contribution in [0.2, 0.25) is 0 Å². The van der Waals surface area contributed by atoms with Crippen molar-refractivity contribution in [3.63, 3.8) is 0 Å². The normalized spacial score (nSPS) is 15.9. The molecule has 0 aliphatic carbocycles. The molecule has 27 heavy (non-hydrogen) atoms. The van der Waals surface area contributed by atoms with Crippen molar-refractivity contribution in [2.45, 2.75) is 25.7 Å². The van der Waals surface area contributed by atoms with E-state index in [1.807, 2.05) is 31.2 Å². The molecule has 1 aliphatic rings. The number of halogens is 1. The SMILES string of the molecule is Cc1cccc(NC(=O)CN2CCC(c3noc4cc(F)ccc34)CC2)c1. The van der Waals surface area contributed by atoms with Gasteiger partial charge in [0, 0.05) is 23.1 Å². The number of hydrogen-bond donors (Lipinski definition) is 1. The van der Waals surface area contributed by atoms with E-state index >= 15 is 0 Å². The number of aryl methyl sites for hydroxylation is 1. The lowest BCUT2D eigenvalue weighted by molar-refractivity contribution is -0.117. The fourth-order valence-corrected chi connectivity index (χ4v) is 3.72. The molecule has 4 rings (SSSR count). The van der Waals surface area contributed by atoms with Crippen LogP contribution in [0, 0.1) is 12.7 Å². The van der Waals surface area contributed by atoms with Crippen LogP contribution < -0.4 is 5.32 Å². The van der Waals surface area contributed by atoms with Gasteiger partial charge in [0.25, 0.3) is 0 Å². The second kappa shape index (κ2) is 7.48. The van der Waals surface area contributed by atoms with E-state index < -0.39 is 0 Å². The fourth-order valence-electron chi connectivity index (χ4n) is 3.72. The monoisotopic (exact) mass is 367 g/mol. The Kier molecular flexibility index (Phi) is 4.90. The maximum absolute atomic E-state index is 13.3. The Bertz CT molecular complexity index is 961. The number of piperidine rings is 1. The number of fused-ring (bicyclic) bond motifs is 1. The standard InChI is InChI=1S/C21H22FN3O2/c1-14-3-2-4-17(11-14)23-20(26)13-25-9-7-15(8-10-25)21-18-6-5-16(22)12-19(18)27-24-21/h2-6,11-12,15H,7-10,13H2,1H3,(H,23,26). The Labute approximate surface area is 157 Å². The van der Waals surface area contributed by atoms with Gasteiger partial charge in [-0.1, -0.05) is 17.3 Å². The van der Waals surface area contributed by atoms with Crippen LogP contribution in [0.15, 0.2) is 47.0 Å². The molecule has 0 radical (unpaired) electrons. The summed E-state index contributed by atoms with van der Waals surface area (Å²) in [7, 11) is 0. The highest BCUT2D eigenvalue weighted by Crippen LogP contribution is 2.32. The molecule has 6 heteroatoms. The van der Waals surface area contributed by atoms with Crippen LogP contribution in [0.5, 0.6) is 0 Å². The number of benzene rings is 2. The molecule has 1 saturated heterocycles. The Balaban J connectivity index is 1.34. The van der Waals surface area contributed by atoms with Gasteiger partial charge < -0.3 is 9.84 Å². The van der Waals surface area contributed by atoms with Crippen LogP contribution in [-0.4, -0.2) is 35.6 Å². The van der Waals surface area contributed by atoms with Crippen molar-refractivity contribution >= 4 is 22.6 Å². The van der Waals surface area contributed by atoms with Gasteiger partial charge in [-0.15, -0.1) is 0 Å². The predicted octanol–water partition coefficient (Wildman–Crippen LogP) is 4.09. The first-order valence-electron chi connectivity index (χ1n) is 9.22. The average Bonchev–Trinajstić information content (AvgIpc) is 3.05. The quantitative estimate of drug-likeness (QED) is 0.754. The summed E-state index contributed by atoms with van der Waals surface area (Å²) in [6.45, 7) is 4.02. The lowest BCUT2D eigenvalue weighted by Gasteiger charge is -2.30. The van der Waals surface area contributed by atoms with Crippen molar-refractivity contribution in [1.29, 1.82) is 0 Å². The topological polar surface area (TPSA) is 58.4 Å². The molecule has 1 aliphatic heterocycles. The second-order valence-corrected chi connectivity index (χ2v) is 7.18. The lowest BCUT2D eigenvalue weighted by Crippen LogP contribution is -2.38. The molecular weight excluding hydrogens is 345 g/mol. The molecule has 0 bridgehead atoms. The number of hydrogen-bond acceptors (Lipinski definition) is 4. The van der Waals surface area contributed by atoms with Gasteiger partial charge in [0.1, 0.15) is 5.82 Å². The van der Waals surface area contributed by atoms with Gasteiger partial charge in [0.15, 0.2) is 5.58 Å². The van der Waals surface area contributed by atoms with Crippen LogP contribution >= 0.6 is 0 Å². The van der Waals surface area contributed by atoms with Crippen molar-refractivity contribution in [1.82, 2.24) is 10.1 Å². The molecule has 2 aromatic carbocycles. The molecule has 0 spiro atoms. The zero-order chi connectivity index (χ0) is 18.8. The summed E-state index contributed by atoms with van der Waals surface area (Å²) in [6.07, 6.45) is 1.80. The molecule has 1 N–H and O–H groups in total. The van der Waals surface area contributed by atoms with E-state index in [0.717, 1.165) is 48.3 Å². The van der Waals surface area contributed by atoms with Crippen LogP contribution in [0.25, 0.3) is 11.0 Å². The highest BCUT2D eigenvalue weighted by Gasteiger charge is 2.26. The van der Waals surface area contributed by atoms with E-state index in [-0.39, 0.29) is 17.6 Å². The lowest BCUT2D eigenvalue weighted by atomic mass is 9.91. The van der Waals surface area contributed by atoms with Gasteiger partial charge in [-0.3, -0.25) is 9.69 Å². The number of nitrogens with zero attached hydrogens (tertiary/aromatic N) is 2. The number of amides is 1. The Morgan fingerprint density at radius 2 is 2.07 bits per heavy atom. The zero-order valence-electron chi connectivity index (χ0n) is 15.2. The third-order valence-corrected chi connectivity index (χ3v) is 5.11. The first kappa shape index (κ1) is 17.7. The molecule has 2 heterocycles. The summed E-state index contributed by atoms with van der Waals surface area (Å²) in [5.74, 6) is -0.0474. The number of carbonyl (C=O) groups is 1. The van der Waals surface area contributed by atoms with Crippen molar-refractivity contribution < 1.29 is 13.7 Å². The molecule has 1 aromatic heterocycles. The molecular formula is C21H22FN3O2. The van der Waals surface area contributed by atoms with Crippen LogP contribution in [0.3, 0.4) is 0 Å². The molecule has 140 valence electrons. The predicted molar refractivity (Wildman–Crippen MR) is 102 cm³/mol. The number of rotatable bonds is 4. The number of nitrogens with one attached hydrogen (secondary N) is 1. The van der Waals surface area contributed by atoms with Crippen molar-refractivity contribution in [3.05, 3.63) is 59.5 Å². The molecule has 5 nitrogen and oxygen atoms in total. The maximum Gasteiger partial charge on any atom is 0.238 e. The minimum absolute atomic E-state index is 0.00131. The van der Waals surface area contributed by atoms with E-state index in [0.29, 0.717) is 12.1 Å². The Hall–Kier alpha value is -2.73. The maximum atomic E-state index is 13.3. The van der Waals surface area contributed by atoms with E-state index in [9.17, 15) is 9.18 Å². The van der Waals surface area contributed by atoms with E-state index in [2.05, 4.69) is 15.4 Å². The average molecular weight is 367 g/mol. The van der Waals surface area contributed by atoms with Crippen molar-refractivity contribution in [2.75, 3.05) is 25.0 Å². The largest absolute Gasteiger partial charge is 0.356 e. The highest BCUT2D eigenvalue weighted by atomic mass is 19.1. The van der Waals surface area contributed by atoms with Gasteiger partial charge in [0.2, 0.25) is 5.91 Å². The van der Waals surface area contributed by atoms with Crippen molar-refractivity contribution in [3.8, 4) is 0 Å². The number of anilines is 1. The van der Waals surface area contributed by atoms with Crippen LogP contribution in [-0.2, 0) is 4.79 Å². The van der Waals surface area contributed by atoms with E-state index in [1.54, 1.807) is 6.07 Å². The van der Waals surface area contributed by atoms with Gasteiger partial charge in [-0.25, -0.2) is 4.39 Å². The second-order valence-electron chi connectivity index (χ2n) is 7.18. The zero-order valence-corrected chi connectivity index (χ0v) is 15.2. The first-order chi connectivity index (χ1) is 13.1. The number of aromatic nitrogens is 1. The minimum Gasteiger partial charge on any atom is -0.356 e. The summed E-state index contributed by atoms with van der Waals surface area (Å²) < 4.78 is 18.6. The molecule has 0 atom stereocenters. The van der Waals surface area contributed by atoms with E-state index in [4.69, 9.17) is 4.52 Å². The van der Waals surface area contributed by atoms with Crippen molar-refractivity contribution in [2.24, 2.45) is 0 Å². The third-order valence-electron chi connectivity index (χ3n) is 5.11. The smallest absolute Gasteiger partial charge is 0.238 e. The van der Waals surface area contributed by atoms with Gasteiger partial charge in [-0.05, 0) is 62.7 Å². The summed E-state index contributed by atoms with van der Waals surface area (Å²) in [4.78, 5) is 14.4. The minimum atomic E-state index is -0.320. The van der Waals surface area contributed by atoms with Gasteiger partial charge in [0.05, 0.1) is 12.2 Å². The summed E-state index contributed by atoms with van der Waals surface area (Å²) in [5.41, 5.74) is 3.34. The molecule has 0 saturated carbocycles. The Morgan fingerprint density at radius 1 is 1.26 bits per heavy atom. The summed E-state index contributed by atoms with van der Waals surface area (Å²) >= 11 is 0. The fraction of sp³-hybridized carbons (Fsp3) is 0.333. The Morgan fingerprint density at radius 3 is 2.85 bits per heavy atom. The molecule has 1 amide bonds. The highest BCUT2D eigenvalue weighted by molar-refractivity contribution is 5.92. The van der Waals surface area contributed by atoms with Crippen LogP contribution in [0.4, 0.5) is 10.1 Å². The molecule has 3 aromatic rings. The summed E-state index contributed by atoms with van der Waals surface area (Å²) in [6, 6.07) is 12.3. The van der Waals surface area contributed by atoms with E-state index in [1.165, 1.54) is 12.1 Å². The molecule has 0 unspecified atom stereocenters. The number of likely N-dealkylation sites (tertiary alicyclic amines) is 1. The third kappa shape index (κ3) is 4.01. The summed E-state index contributed by atoms with van der Waals surface area (Å²) in [5, 5.41) is 8.01. The van der Waals surface area contributed by atoms with Gasteiger partial charge in [-0.2, -0.15) is 0 Å².